The number of aromatic nitrogens is 1. The van der Waals surface area contributed by atoms with Crippen LogP contribution in [0.15, 0.2) is 0 Å². The number of nitrogen functional groups attached to an aromatic ring is 1. The molecule has 0 aliphatic heterocycles. The summed E-state index contributed by atoms with van der Waals surface area (Å²) in [7, 11) is 4.04. The maximum Gasteiger partial charge on any atom is 0.255 e. The molecule has 1 aromatic rings. The second-order valence-electron chi connectivity index (χ2n) is 4.27. The van der Waals surface area contributed by atoms with E-state index < -0.39 is 5.91 Å². The van der Waals surface area contributed by atoms with Crippen LogP contribution in [0.25, 0.3) is 0 Å². The third-order valence-corrected chi connectivity index (χ3v) is 3.14. The Bertz CT molecular complexity index is 390. The van der Waals surface area contributed by atoms with E-state index in [0.29, 0.717) is 10.6 Å². The predicted octanol–water partition coefficient (Wildman–Crippen LogP) is 0.576. The second kappa shape index (κ2) is 5.83. The quantitative estimate of drug-likeness (QED) is 0.692. The summed E-state index contributed by atoms with van der Waals surface area (Å²) in [6.07, 6.45) is 0.961. The minimum Gasteiger partial charge on any atom is -0.382 e. The summed E-state index contributed by atoms with van der Waals surface area (Å²) >= 11 is 1.17. The van der Waals surface area contributed by atoms with E-state index in [9.17, 15) is 4.79 Å². The van der Waals surface area contributed by atoms with Gasteiger partial charge in [-0.3, -0.25) is 4.79 Å². The zero-order valence-electron chi connectivity index (χ0n) is 10.4. The fourth-order valence-electron chi connectivity index (χ4n) is 1.39. The molecule has 0 fully saturated rings. The van der Waals surface area contributed by atoms with E-state index in [-0.39, 0.29) is 11.9 Å². The Kier molecular flexibility index (Phi) is 4.71. The molecule has 0 aliphatic rings. The first-order valence-corrected chi connectivity index (χ1v) is 6.15. The number of hydrogen-bond donors (Lipinski definition) is 3. The molecular weight excluding hydrogens is 238 g/mol. The molecule has 96 valence electrons. The van der Waals surface area contributed by atoms with Crippen molar-refractivity contribution in [1.82, 2.24) is 9.27 Å². The molecule has 0 spiro atoms. The molecule has 1 heterocycles. The summed E-state index contributed by atoms with van der Waals surface area (Å²) in [5, 5.41) is 3.87. The second-order valence-corrected chi connectivity index (χ2v) is 5.05. The van der Waals surface area contributed by atoms with Crippen molar-refractivity contribution in [3.8, 4) is 0 Å². The SMILES string of the molecule is CC(CCN(C)C)Nc1snc(N)c1C(N)=O. The van der Waals surface area contributed by atoms with Crippen molar-refractivity contribution >= 4 is 28.3 Å². The van der Waals surface area contributed by atoms with Crippen LogP contribution < -0.4 is 16.8 Å². The number of hydrogen-bond acceptors (Lipinski definition) is 6. The summed E-state index contributed by atoms with van der Waals surface area (Å²) in [6.45, 7) is 3.01. The van der Waals surface area contributed by atoms with Gasteiger partial charge in [-0.1, -0.05) is 0 Å². The Hall–Kier alpha value is -1.34. The van der Waals surface area contributed by atoms with Crippen LogP contribution in [0.2, 0.25) is 0 Å². The summed E-state index contributed by atoms with van der Waals surface area (Å²) < 4.78 is 3.93. The van der Waals surface area contributed by atoms with Crippen molar-refractivity contribution in [2.75, 3.05) is 31.7 Å². The van der Waals surface area contributed by atoms with Gasteiger partial charge in [-0.05, 0) is 45.5 Å². The molecule has 1 atom stereocenters. The highest BCUT2D eigenvalue weighted by atomic mass is 32.1. The van der Waals surface area contributed by atoms with E-state index in [2.05, 4.69) is 14.6 Å². The van der Waals surface area contributed by atoms with Gasteiger partial charge >= 0.3 is 0 Å². The average Bonchev–Trinajstić information content (AvgIpc) is 2.56. The van der Waals surface area contributed by atoms with Gasteiger partial charge in [-0.2, -0.15) is 4.37 Å². The molecule has 6 nitrogen and oxygen atoms in total. The summed E-state index contributed by atoms with van der Waals surface area (Å²) in [6, 6.07) is 0.232. The molecule has 1 unspecified atom stereocenters. The lowest BCUT2D eigenvalue weighted by Crippen LogP contribution is -2.24. The number of primary amides is 1. The molecule has 5 N–H and O–H groups in total. The Morgan fingerprint density at radius 3 is 2.76 bits per heavy atom. The van der Waals surface area contributed by atoms with Gasteiger partial charge in [0.15, 0.2) is 5.82 Å². The van der Waals surface area contributed by atoms with Crippen molar-refractivity contribution in [3.63, 3.8) is 0 Å². The fraction of sp³-hybridized carbons (Fsp3) is 0.600. The van der Waals surface area contributed by atoms with Gasteiger partial charge in [0.1, 0.15) is 10.6 Å². The first-order chi connectivity index (χ1) is 7.91. The fourth-order valence-corrected chi connectivity index (χ4v) is 2.22. The van der Waals surface area contributed by atoms with Gasteiger partial charge in [0.2, 0.25) is 0 Å². The zero-order valence-corrected chi connectivity index (χ0v) is 11.2. The number of anilines is 2. The standard InChI is InChI=1S/C10H19N5OS/c1-6(4-5-15(2)3)13-10-7(9(12)16)8(11)14-17-10/h6,13H,4-5H2,1-3H3,(H2,11,14)(H2,12,16). The lowest BCUT2D eigenvalue weighted by Gasteiger charge is -2.16. The van der Waals surface area contributed by atoms with E-state index >= 15 is 0 Å². The number of nitrogens with zero attached hydrogens (tertiary/aromatic N) is 2. The van der Waals surface area contributed by atoms with E-state index in [0.717, 1.165) is 13.0 Å². The molecule has 0 saturated heterocycles. The van der Waals surface area contributed by atoms with Crippen molar-refractivity contribution in [2.24, 2.45) is 5.73 Å². The molecule has 7 heteroatoms. The summed E-state index contributed by atoms with van der Waals surface area (Å²) in [4.78, 5) is 13.3. The van der Waals surface area contributed by atoms with E-state index in [1.807, 2.05) is 21.0 Å². The van der Waals surface area contributed by atoms with Gasteiger partial charge in [0, 0.05) is 6.04 Å². The van der Waals surface area contributed by atoms with Crippen LogP contribution in [-0.4, -0.2) is 41.9 Å². The molecule has 0 saturated carbocycles. The summed E-state index contributed by atoms with van der Waals surface area (Å²) in [5.74, 6) is -0.344. The lowest BCUT2D eigenvalue weighted by molar-refractivity contribution is 0.100. The maximum absolute atomic E-state index is 11.2. The maximum atomic E-state index is 11.2. The summed E-state index contributed by atoms with van der Waals surface area (Å²) in [5.41, 5.74) is 11.1. The number of carbonyl (C=O) groups is 1. The minimum atomic E-state index is -0.543. The van der Waals surface area contributed by atoms with E-state index in [4.69, 9.17) is 11.5 Å². The smallest absolute Gasteiger partial charge is 0.255 e. The molecule has 0 aliphatic carbocycles. The molecular formula is C10H19N5OS. The number of carbonyl (C=O) groups excluding carboxylic acids is 1. The topological polar surface area (TPSA) is 97.3 Å². The van der Waals surface area contributed by atoms with Crippen LogP contribution in [0.3, 0.4) is 0 Å². The molecule has 1 amide bonds. The average molecular weight is 257 g/mol. The van der Waals surface area contributed by atoms with E-state index in [1.165, 1.54) is 11.5 Å². The van der Waals surface area contributed by atoms with Crippen LogP contribution in [0.5, 0.6) is 0 Å². The van der Waals surface area contributed by atoms with Crippen LogP contribution in [0, 0.1) is 0 Å². The third kappa shape index (κ3) is 3.86. The minimum absolute atomic E-state index is 0.199. The van der Waals surface area contributed by atoms with Crippen molar-refractivity contribution < 1.29 is 4.79 Å². The highest BCUT2D eigenvalue weighted by molar-refractivity contribution is 7.11. The van der Waals surface area contributed by atoms with Crippen LogP contribution in [0.4, 0.5) is 10.8 Å². The van der Waals surface area contributed by atoms with Gasteiger partial charge in [-0.15, -0.1) is 0 Å². The van der Waals surface area contributed by atoms with Gasteiger partial charge in [0.05, 0.1) is 0 Å². The number of rotatable bonds is 6. The van der Waals surface area contributed by atoms with Gasteiger partial charge in [0.25, 0.3) is 5.91 Å². The normalized spacial score (nSPS) is 12.7. The predicted molar refractivity (Wildman–Crippen MR) is 71.3 cm³/mol. The molecule has 1 rings (SSSR count). The Balaban J connectivity index is 2.65. The van der Waals surface area contributed by atoms with Crippen molar-refractivity contribution in [1.29, 1.82) is 0 Å². The van der Waals surface area contributed by atoms with Crippen LogP contribution in [0.1, 0.15) is 23.7 Å². The first kappa shape index (κ1) is 13.7. The van der Waals surface area contributed by atoms with Crippen LogP contribution in [-0.2, 0) is 0 Å². The van der Waals surface area contributed by atoms with Gasteiger partial charge in [-0.25, -0.2) is 0 Å². The molecule has 0 aromatic carbocycles. The number of nitrogens with two attached hydrogens (primary N) is 2. The monoisotopic (exact) mass is 257 g/mol. The Morgan fingerprint density at radius 1 is 1.59 bits per heavy atom. The largest absolute Gasteiger partial charge is 0.382 e. The highest BCUT2D eigenvalue weighted by Gasteiger charge is 2.17. The molecule has 17 heavy (non-hydrogen) atoms. The van der Waals surface area contributed by atoms with Crippen molar-refractivity contribution in [3.05, 3.63) is 5.56 Å². The molecule has 0 radical (unpaired) electrons. The van der Waals surface area contributed by atoms with Crippen molar-refractivity contribution in [2.45, 2.75) is 19.4 Å². The zero-order chi connectivity index (χ0) is 13.0. The lowest BCUT2D eigenvalue weighted by atomic mass is 10.2. The van der Waals surface area contributed by atoms with Gasteiger partial charge < -0.3 is 21.7 Å². The Labute approximate surface area is 105 Å². The molecule has 0 bridgehead atoms. The number of amides is 1. The third-order valence-electron chi connectivity index (χ3n) is 2.35. The molecule has 1 aromatic heterocycles. The number of nitrogens with one attached hydrogen (secondary N) is 1. The highest BCUT2D eigenvalue weighted by Crippen LogP contribution is 2.27. The Morgan fingerprint density at radius 2 is 2.24 bits per heavy atom. The van der Waals surface area contributed by atoms with Crippen LogP contribution >= 0.6 is 11.5 Å². The van der Waals surface area contributed by atoms with E-state index in [1.54, 1.807) is 0 Å². The first-order valence-electron chi connectivity index (χ1n) is 5.38.